The number of hydrogen-bond acceptors (Lipinski definition) is 5. The van der Waals surface area contributed by atoms with Crippen LogP contribution >= 0.6 is 23.1 Å². The van der Waals surface area contributed by atoms with E-state index in [4.69, 9.17) is 5.73 Å². The Morgan fingerprint density at radius 3 is 2.43 bits per heavy atom. The van der Waals surface area contributed by atoms with Crippen LogP contribution in [0.15, 0.2) is 4.90 Å². The Morgan fingerprint density at radius 1 is 1.43 bits per heavy atom. The van der Waals surface area contributed by atoms with Crippen LogP contribution in [0, 0.1) is 5.92 Å². The highest BCUT2D eigenvalue weighted by Gasteiger charge is 2.40. The summed E-state index contributed by atoms with van der Waals surface area (Å²) < 4.78 is 50.2. The van der Waals surface area contributed by atoms with Crippen LogP contribution in [0.5, 0.6) is 0 Å². The number of halogens is 4. The zero-order valence-corrected chi connectivity index (χ0v) is 13.3. The smallest absolute Gasteiger partial charge is 0.324 e. The molecular weight excluding hydrogens is 328 g/mol. The molecule has 1 aromatic heterocycles. The highest BCUT2D eigenvalue weighted by atomic mass is 32.2. The Bertz CT molecular complexity index is 518. The number of ketones is 1. The fourth-order valence-corrected chi connectivity index (χ4v) is 3.59. The van der Waals surface area contributed by atoms with Crippen molar-refractivity contribution in [3.8, 4) is 0 Å². The van der Waals surface area contributed by atoms with E-state index in [1.165, 1.54) is 11.8 Å². The maximum atomic E-state index is 12.9. The standard InChI is InChI=1S/C12H16F4N2OS2/c1-5(2)7(19)8-6(17)9(20-3)10(21-8)18-4-12(15,16)11(13)14/h5,11,18H,4,17H2,1-3H3. The Kier molecular flexibility index (Phi) is 5.92. The van der Waals surface area contributed by atoms with Crippen molar-refractivity contribution in [2.24, 2.45) is 5.92 Å². The van der Waals surface area contributed by atoms with Gasteiger partial charge in [0.25, 0.3) is 0 Å². The molecule has 0 spiro atoms. The third-order valence-corrected chi connectivity index (χ3v) is 4.80. The van der Waals surface area contributed by atoms with Crippen LogP contribution in [0.3, 0.4) is 0 Å². The van der Waals surface area contributed by atoms with Gasteiger partial charge in [0.1, 0.15) is 5.00 Å². The van der Waals surface area contributed by atoms with E-state index in [1.807, 2.05) is 0 Å². The molecule has 1 heterocycles. The normalized spacial score (nSPS) is 12.2. The molecule has 120 valence electrons. The molecule has 0 saturated carbocycles. The third-order valence-electron chi connectivity index (χ3n) is 2.66. The number of thiophene rings is 1. The highest BCUT2D eigenvalue weighted by Crippen LogP contribution is 2.43. The van der Waals surface area contributed by atoms with Crippen molar-refractivity contribution in [1.29, 1.82) is 0 Å². The Balaban J connectivity index is 3.03. The van der Waals surface area contributed by atoms with E-state index < -0.39 is 18.9 Å². The average molecular weight is 344 g/mol. The van der Waals surface area contributed by atoms with E-state index in [2.05, 4.69) is 5.32 Å². The van der Waals surface area contributed by atoms with Crippen molar-refractivity contribution in [1.82, 2.24) is 0 Å². The van der Waals surface area contributed by atoms with E-state index in [9.17, 15) is 22.4 Å². The first-order chi connectivity index (χ1) is 9.61. The Hall–Kier alpha value is -0.960. The lowest BCUT2D eigenvalue weighted by atomic mass is 10.1. The van der Waals surface area contributed by atoms with Crippen LogP contribution in [0.25, 0.3) is 0 Å². The van der Waals surface area contributed by atoms with Crippen molar-refractivity contribution < 1.29 is 22.4 Å². The molecule has 21 heavy (non-hydrogen) atoms. The molecule has 3 nitrogen and oxygen atoms in total. The maximum Gasteiger partial charge on any atom is 0.324 e. The third kappa shape index (κ3) is 4.03. The van der Waals surface area contributed by atoms with E-state index >= 15 is 0 Å². The van der Waals surface area contributed by atoms with Crippen LogP contribution in [0.1, 0.15) is 23.5 Å². The van der Waals surface area contributed by atoms with E-state index in [0.717, 1.165) is 11.3 Å². The first-order valence-electron chi connectivity index (χ1n) is 6.02. The molecule has 3 N–H and O–H groups in total. The van der Waals surface area contributed by atoms with Crippen molar-refractivity contribution in [3.63, 3.8) is 0 Å². The fraction of sp³-hybridized carbons (Fsp3) is 0.583. The van der Waals surface area contributed by atoms with Crippen LogP contribution in [0.4, 0.5) is 28.3 Å². The lowest BCUT2D eigenvalue weighted by Gasteiger charge is -2.16. The number of rotatable bonds is 7. The fourth-order valence-electron chi connectivity index (χ4n) is 1.47. The van der Waals surface area contributed by atoms with Gasteiger partial charge < -0.3 is 11.1 Å². The van der Waals surface area contributed by atoms with Gasteiger partial charge in [0.05, 0.1) is 22.0 Å². The minimum atomic E-state index is -4.14. The second-order valence-electron chi connectivity index (χ2n) is 4.64. The van der Waals surface area contributed by atoms with Crippen molar-refractivity contribution in [2.75, 3.05) is 23.9 Å². The highest BCUT2D eigenvalue weighted by molar-refractivity contribution is 7.99. The SMILES string of the molecule is CSc1c(NCC(F)(F)C(F)F)sc(C(=O)C(C)C)c1N. The number of alkyl halides is 4. The lowest BCUT2D eigenvalue weighted by molar-refractivity contribution is -0.117. The van der Waals surface area contributed by atoms with Gasteiger partial charge in [-0.05, 0) is 6.26 Å². The van der Waals surface area contributed by atoms with Crippen molar-refractivity contribution >= 4 is 39.6 Å². The summed E-state index contributed by atoms with van der Waals surface area (Å²) in [5.41, 5.74) is 6.05. The maximum absolute atomic E-state index is 12.9. The molecule has 9 heteroatoms. The first kappa shape index (κ1) is 18.1. The summed E-state index contributed by atoms with van der Waals surface area (Å²) in [5.74, 6) is -4.64. The number of Topliss-reactive ketones (excluding diaryl/α,β-unsaturated/α-hetero) is 1. The summed E-state index contributed by atoms with van der Waals surface area (Å²) in [6, 6.07) is 0. The molecule has 1 aromatic rings. The molecule has 0 radical (unpaired) electrons. The molecular formula is C12H16F4N2OS2. The van der Waals surface area contributed by atoms with E-state index in [-0.39, 0.29) is 27.3 Å². The molecule has 0 saturated heterocycles. The summed E-state index contributed by atoms with van der Waals surface area (Å²) in [4.78, 5) is 12.7. The Labute approximate surface area is 128 Å². The largest absolute Gasteiger partial charge is 0.396 e. The van der Waals surface area contributed by atoms with Gasteiger partial charge in [-0.25, -0.2) is 8.78 Å². The molecule has 0 atom stereocenters. The van der Waals surface area contributed by atoms with Gasteiger partial charge in [0.15, 0.2) is 5.78 Å². The number of anilines is 2. The quantitative estimate of drug-likeness (QED) is 0.442. The molecule has 0 bridgehead atoms. The number of nitrogens with two attached hydrogens (primary N) is 1. The lowest BCUT2D eigenvalue weighted by Crippen LogP contribution is -2.34. The van der Waals surface area contributed by atoms with Gasteiger partial charge in [-0.3, -0.25) is 4.79 Å². The summed E-state index contributed by atoms with van der Waals surface area (Å²) in [5, 5.41) is 2.49. The average Bonchev–Trinajstić information content (AvgIpc) is 2.71. The van der Waals surface area contributed by atoms with Gasteiger partial charge in [0.2, 0.25) is 0 Å². The number of hydrogen-bond donors (Lipinski definition) is 2. The number of nitrogens with one attached hydrogen (secondary N) is 1. The molecule has 0 aliphatic heterocycles. The van der Waals surface area contributed by atoms with Crippen molar-refractivity contribution in [2.45, 2.75) is 31.1 Å². The zero-order valence-electron chi connectivity index (χ0n) is 11.7. The molecule has 0 fully saturated rings. The summed E-state index contributed by atoms with van der Waals surface area (Å²) in [6.45, 7) is 2.17. The van der Waals surface area contributed by atoms with E-state index in [1.54, 1.807) is 20.1 Å². The van der Waals surface area contributed by atoms with Gasteiger partial charge >= 0.3 is 12.3 Å². The molecule has 0 aliphatic carbocycles. The van der Waals surface area contributed by atoms with Gasteiger partial charge in [0, 0.05) is 5.92 Å². The molecule has 1 rings (SSSR count). The minimum Gasteiger partial charge on any atom is -0.396 e. The molecule has 0 amide bonds. The second-order valence-corrected chi connectivity index (χ2v) is 6.48. The van der Waals surface area contributed by atoms with Crippen LogP contribution in [-0.2, 0) is 0 Å². The molecule has 0 unspecified atom stereocenters. The Morgan fingerprint density at radius 2 is 2.00 bits per heavy atom. The van der Waals surface area contributed by atoms with Crippen LogP contribution in [-0.4, -0.2) is 30.9 Å². The summed E-state index contributed by atoms with van der Waals surface area (Å²) >= 11 is 2.08. The molecule has 0 aromatic carbocycles. The van der Waals surface area contributed by atoms with Crippen LogP contribution < -0.4 is 11.1 Å². The minimum absolute atomic E-state index is 0.203. The predicted octanol–water partition coefficient (Wildman–Crippen LogP) is 4.20. The van der Waals surface area contributed by atoms with Crippen LogP contribution in [0.2, 0.25) is 0 Å². The number of thioether (sulfide) groups is 1. The topological polar surface area (TPSA) is 55.1 Å². The number of carbonyl (C=O) groups excluding carboxylic acids is 1. The first-order valence-corrected chi connectivity index (χ1v) is 8.06. The summed E-state index contributed by atoms with van der Waals surface area (Å²) in [6.07, 6.45) is -2.09. The predicted molar refractivity (Wildman–Crippen MR) is 79.1 cm³/mol. The van der Waals surface area contributed by atoms with Gasteiger partial charge in [-0.1, -0.05) is 13.8 Å². The number of nitrogen functional groups attached to an aromatic ring is 1. The monoisotopic (exact) mass is 344 g/mol. The molecule has 0 aliphatic rings. The van der Waals surface area contributed by atoms with Crippen molar-refractivity contribution in [3.05, 3.63) is 4.88 Å². The second kappa shape index (κ2) is 6.87. The van der Waals surface area contributed by atoms with Gasteiger partial charge in [-0.15, -0.1) is 23.1 Å². The number of carbonyl (C=O) groups is 1. The van der Waals surface area contributed by atoms with E-state index in [0.29, 0.717) is 4.90 Å². The van der Waals surface area contributed by atoms with Gasteiger partial charge in [-0.2, -0.15) is 8.78 Å². The zero-order chi connectivity index (χ0) is 16.4. The summed E-state index contributed by atoms with van der Waals surface area (Å²) in [7, 11) is 0.